The molecular weight excluding hydrogens is 487 g/mol. The van der Waals surface area contributed by atoms with E-state index in [0.717, 1.165) is 18.2 Å². The monoisotopic (exact) mass is 521 g/mol. The van der Waals surface area contributed by atoms with Gasteiger partial charge in [-0.15, -0.1) is 0 Å². The van der Waals surface area contributed by atoms with Gasteiger partial charge in [-0.25, -0.2) is 28.0 Å². The molecule has 2 heterocycles. The predicted molar refractivity (Wildman–Crippen MR) is 134 cm³/mol. The summed E-state index contributed by atoms with van der Waals surface area (Å²) in [6.07, 6.45) is 2.96. The number of carbonyl (C=O) groups excluding carboxylic acids is 3. The van der Waals surface area contributed by atoms with Crippen molar-refractivity contribution in [2.24, 2.45) is 0 Å². The number of carbonyl (C=O) groups is 3. The third-order valence-corrected chi connectivity index (χ3v) is 5.92. The summed E-state index contributed by atoms with van der Waals surface area (Å²) < 4.78 is 40.8. The molecule has 37 heavy (non-hydrogen) atoms. The Morgan fingerprint density at radius 1 is 1.22 bits per heavy atom. The molecule has 1 unspecified atom stereocenters. The van der Waals surface area contributed by atoms with Crippen LogP contribution in [0.4, 0.5) is 18.0 Å². The molecule has 1 aromatic carbocycles. The van der Waals surface area contributed by atoms with Gasteiger partial charge in [-0.05, 0) is 32.1 Å². The van der Waals surface area contributed by atoms with Gasteiger partial charge in [0.2, 0.25) is 11.8 Å². The first-order valence-electron chi connectivity index (χ1n) is 12.0. The van der Waals surface area contributed by atoms with Gasteiger partial charge in [-0.3, -0.25) is 9.59 Å². The highest BCUT2D eigenvalue weighted by atomic mass is 19.1. The van der Waals surface area contributed by atoms with Crippen LogP contribution in [0, 0.1) is 11.6 Å². The van der Waals surface area contributed by atoms with E-state index in [2.05, 4.69) is 11.9 Å². The van der Waals surface area contributed by atoms with E-state index in [1.807, 2.05) is 13.8 Å². The largest absolute Gasteiger partial charge is 0.334 e. The van der Waals surface area contributed by atoms with Gasteiger partial charge in [-0.2, -0.15) is 0 Å². The molecule has 2 fully saturated rings. The van der Waals surface area contributed by atoms with E-state index in [9.17, 15) is 27.6 Å². The summed E-state index contributed by atoms with van der Waals surface area (Å²) in [5, 5.41) is 5.53. The fourth-order valence-electron chi connectivity index (χ4n) is 4.11. The number of fused-ring (bicyclic) bond motifs is 1. The predicted octanol–water partition coefficient (Wildman–Crippen LogP) is 3.73. The minimum atomic E-state index is -0.887. The normalized spacial score (nSPS) is 20.8. The smallest absolute Gasteiger partial charge is 0.333 e. The van der Waals surface area contributed by atoms with E-state index in [1.54, 1.807) is 20.9 Å². The van der Waals surface area contributed by atoms with Gasteiger partial charge in [0.05, 0.1) is 13.1 Å². The number of rotatable bonds is 6. The number of halogens is 3. The van der Waals surface area contributed by atoms with E-state index in [0.29, 0.717) is 5.57 Å². The lowest BCUT2D eigenvalue weighted by Crippen LogP contribution is -2.75. The van der Waals surface area contributed by atoms with Crippen molar-refractivity contribution in [1.82, 2.24) is 25.1 Å². The molecule has 1 N–H and O–H groups in total. The molecule has 3 rings (SSSR count). The number of hydrogen-bond acceptors (Lipinski definition) is 4. The minimum Gasteiger partial charge on any atom is -0.333 e. The molecule has 0 bridgehead atoms. The van der Waals surface area contributed by atoms with Crippen LogP contribution in [-0.2, 0) is 16.1 Å². The number of hydrazine groups is 1. The van der Waals surface area contributed by atoms with Crippen LogP contribution in [0.5, 0.6) is 0 Å². The number of urea groups is 1. The second-order valence-electron chi connectivity index (χ2n) is 8.50. The van der Waals surface area contributed by atoms with Crippen LogP contribution in [0.15, 0.2) is 54.4 Å². The number of amides is 4. The van der Waals surface area contributed by atoms with Gasteiger partial charge in [-0.1, -0.05) is 38.1 Å². The van der Waals surface area contributed by atoms with Crippen LogP contribution >= 0.6 is 0 Å². The molecule has 0 aliphatic carbocycles. The van der Waals surface area contributed by atoms with Crippen LogP contribution in [0.2, 0.25) is 0 Å². The quantitative estimate of drug-likeness (QED) is 0.579. The van der Waals surface area contributed by atoms with Crippen LogP contribution in [0.1, 0.15) is 33.3 Å². The average Bonchev–Trinajstić information content (AvgIpc) is 2.86. The van der Waals surface area contributed by atoms with Crippen molar-refractivity contribution in [3.63, 3.8) is 0 Å². The topological polar surface area (TPSA) is 76.2 Å². The standard InChI is InChI=1S/C24H28F3N5O3.C2H6/c1-5-18(25)8-6-15(2)11-28-24(35)32-21-13-30(12-17-7-9-19(26)10-20(17)27)23(34)16(3)31(21)22(33)14-29(32)4;1-2/h5-10,16,21H,1,11-14H2,2-4H3,(H,28,35);1-2H3/b15-6+,18-8+;/t16-,21?;/m0./s1. The molecule has 2 aliphatic heterocycles. The third-order valence-electron chi connectivity index (χ3n) is 5.92. The zero-order valence-corrected chi connectivity index (χ0v) is 21.8. The number of benzene rings is 1. The van der Waals surface area contributed by atoms with E-state index in [1.165, 1.54) is 38.0 Å². The SMILES string of the molecule is C=C/C(F)=C\C=C(/C)CNC(=O)N1C2CN(Cc3ccc(F)cc3F)C(=O)[C@H](C)N2C(=O)CN1C.CC. The van der Waals surface area contributed by atoms with Crippen molar-refractivity contribution in [1.29, 1.82) is 0 Å². The molecule has 0 radical (unpaired) electrons. The van der Waals surface area contributed by atoms with Crippen molar-refractivity contribution in [3.05, 3.63) is 71.6 Å². The highest BCUT2D eigenvalue weighted by molar-refractivity contribution is 5.91. The van der Waals surface area contributed by atoms with Gasteiger partial charge in [0.15, 0.2) is 0 Å². The minimum absolute atomic E-state index is 0.0639. The number of nitrogens with one attached hydrogen (secondary N) is 1. The molecule has 0 spiro atoms. The number of piperazine rings is 1. The lowest BCUT2D eigenvalue weighted by molar-refractivity contribution is -0.186. The van der Waals surface area contributed by atoms with Gasteiger partial charge in [0.25, 0.3) is 0 Å². The molecule has 2 atom stereocenters. The Morgan fingerprint density at radius 2 is 1.89 bits per heavy atom. The first-order valence-corrected chi connectivity index (χ1v) is 12.0. The highest BCUT2D eigenvalue weighted by Crippen LogP contribution is 2.27. The third kappa shape index (κ3) is 7.00. The summed E-state index contributed by atoms with van der Waals surface area (Å²) in [6, 6.07) is 1.69. The molecule has 2 saturated heterocycles. The van der Waals surface area contributed by atoms with Crippen molar-refractivity contribution in [3.8, 4) is 0 Å². The fourth-order valence-corrected chi connectivity index (χ4v) is 4.11. The number of hydrogen-bond donors (Lipinski definition) is 1. The maximum Gasteiger partial charge on any atom is 0.334 e. The molecule has 0 aromatic heterocycles. The molecule has 11 heteroatoms. The van der Waals surface area contributed by atoms with Crippen molar-refractivity contribution < 1.29 is 27.6 Å². The molecule has 0 saturated carbocycles. The van der Waals surface area contributed by atoms with Gasteiger partial charge in [0.1, 0.15) is 29.7 Å². The summed E-state index contributed by atoms with van der Waals surface area (Å²) in [5.74, 6) is -2.76. The lowest BCUT2D eigenvalue weighted by Gasteiger charge is -2.53. The first-order chi connectivity index (χ1) is 17.5. The van der Waals surface area contributed by atoms with E-state index in [-0.39, 0.29) is 37.6 Å². The van der Waals surface area contributed by atoms with Crippen LogP contribution in [-0.4, -0.2) is 76.6 Å². The molecule has 2 aliphatic rings. The number of nitrogens with zero attached hydrogens (tertiary/aromatic N) is 4. The Hall–Kier alpha value is -3.60. The Balaban J connectivity index is 0.00000235. The Morgan fingerprint density at radius 3 is 2.51 bits per heavy atom. The molecule has 202 valence electrons. The number of allylic oxidation sites excluding steroid dienone is 4. The fraction of sp³-hybridized carbons (Fsp3) is 0.423. The second-order valence-corrected chi connectivity index (χ2v) is 8.50. The van der Waals surface area contributed by atoms with E-state index >= 15 is 0 Å². The molecule has 4 amide bonds. The molecule has 8 nitrogen and oxygen atoms in total. The maximum atomic E-state index is 14.2. The Labute approximate surface area is 215 Å². The van der Waals surface area contributed by atoms with Crippen molar-refractivity contribution in [2.75, 3.05) is 26.7 Å². The first kappa shape index (κ1) is 29.6. The summed E-state index contributed by atoms with van der Waals surface area (Å²) in [7, 11) is 1.57. The molecular formula is C26H34F3N5O3. The summed E-state index contributed by atoms with van der Waals surface area (Å²) >= 11 is 0. The second kappa shape index (κ2) is 13.1. The van der Waals surface area contributed by atoms with Crippen molar-refractivity contribution >= 4 is 17.8 Å². The summed E-state index contributed by atoms with van der Waals surface area (Å²) in [4.78, 5) is 41.6. The number of likely N-dealkylation sites (N-methyl/N-ethyl adjacent to an activating group) is 1. The summed E-state index contributed by atoms with van der Waals surface area (Å²) in [5.41, 5.74) is 0.788. The van der Waals surface area contributed by atoms with Crippen molar-refractivity contribution in [2.45, 2.75) is 46.4 Å². The summed E-state index contributed by atoms with van der Waals surface area (Å²) in [6.45, 7) is 10.4. The Bertz CT molecular complexity index is 1090. The zero-order valence-electron chi connectivity index (χ0n) is 21.8. The van der Waals surface area contributed by atoms with Crippen LogP contribution in [0.3, 0.4) is 0 Å². The zero-order chi connectivity index (χ0) is 27.9. The van der Waals surface area contributed by atoms with E-state index in [4.69, 9.17) is 0 Å². The average molecular weight is 522 g/mol. The van der Waals surface area contributed by atoms with Gasteiger partial charge >= 0.3 is 6.03 Å². The lowest BCUT2D eigenvalue weighted by atomic mass is 10.1. The Kier molecular flexibility index (Phi) is 10.5. The highest BCUT2D eigenvalue weighted by Gasteiger charge is 2.49. The molecule has 1 aromatic rings. The van der Waals surface area contributed by atoms with Crippen LogP contribution in [0.25, 0.3) is 0 Å². The maximum absolute atomic E-state index is 14.2. The van der Waals surface area contributed by atoms with Crippen LogP contribution < -0.4 is 5.32 Å². The van der Waals surface area contributed by atoms with E-state index < -0.39 is 41.6 Å². The van der Waals surface area contributed by atoms with Gasteiger partial charge in [0, 0.05) is 31.8 Å². The van der Waals surface area contributed by atoms with Gasteiger partial charge < -0.3 is 15.1 Å².